The molecule has 3 saturated heterocycles. The normalized spacial score (nSPS) is 13.7. The summed E-state index contributed by atoms with van der Waals surface area (Å²) < 4.78 is 223. The molecule has 3 aliphatic rings. The molecule has 3 amide bonds. The van der Waals surface area contributed by atoms with Crippen LogP contribution in [0.4, 0.5) is 100 Å². The molecule has 0 radical (unpaired) electrons. The molecule has 0 bridgehead atoms. The molecule has 12 heterocycles. The van der Waals surface area contributed by atoms with Gasteiger partial charge in [0, 0.05) is 97.1 Å². The van der Waals surface area contributed by atoms with Gasteiger partial charge in [0.25, 0.3) is 0 Å². The summed E-state index contributed by atoms with van der Waals surface area (Å²) in [5, 5.41) is 0.0121. The second-order valence-electron chi connectivity index (χ2n) is 31.0. The second-order valence-corrected chi connectivity index (χ2v) is 31.0. The van der Waals surface area contributed by atoms with E-state index in [0.29, 0.717) is 33.8 Å². The number of nitrogen functional groups attached to an aromatic ring is 3. The molecule has 129 heavy (non-hydrogen) atoms. The molecule has 3 aliphatic heterocycles. The van der Waals surface area contributed by atoms with Crippen LogP contribution >= 0.6 is 0 Å². The first-order valence-electron chi connectivity index (χ1n) is 39.7. The number of aromatic nitrogens is 12. The van der Waals surface area contributed by atoms with Crippen molar-refractivity contribution in [1.29, 1.82) is 0 Å². The maximum absolute atomic E-state index is 15.8. The van der Waals surface area contributed by atoms with Crippen molar-refractivity contribution >= 4 is 85.3 Å². The molecule has 9 aromatic heterocycles. The summed E-state index contributed by atoms with van der Waals surface area (Å²) in [4.78, 5) is 126. The molecule has 0 spiro atoms. The molecule has 3 aromatic carbocycles. The number of fused-ring (bicyclic) bond motifs is 3. The Morgan fingerprint density at radius 1 is 0.341 bits per heavy atom. The van der Waals surface area contributed by atoms with Gasteiger partial charge in [0.2, 0.25) is 17.7 Å². The third-order valence-corrected chi connectivity index (χ3v) is 22.0. The zero-order valence-electron chi connectivity index (χ0n) is 70.2. The monoisotopic (exact) mass is 1800 g/mol. The molecular formula is C87H78F15N21O6. The SMILES string of the molecule is C=CC(=O)N1CCN(c2nc(=O)n(-c3c(C)ccnc3C(C)C)c3nc(-c4c(N)c(F)c(F)c(F)c4F)c(F)cc23)CC1.C=CC(=O)N1CCN(c2nc(=O)n(-c3c(C)ccnc3C(C)C)c3nc(-c4c(N)c(F)c(F)c(F)c4F)c(F)cc23)CC1.C=CC(=O)N1CCN(c2nc(=O)n(-c3c(C)ccnc3C(C)C)c3nc(-c4c(N)c(F)c(F)c(F)c4F)c(F)cc23)CC1. The molecule has 0 saturated carbocycles. The lowest BCUT2D eigenvalue weighted by atomic mass is 10.0. The lowest BCUT2D eigenvalue weighted by Crippen LogP contribution is -2.49. The third-order valence-electron chi connectivity index (χ3n) is 22.0. The predicted molar refractivity (Wildman–Crippen MR) is 451 cm³/mol. The Bertz CT molecular complexity index is 6160. The van der Waals surface area contributed by atoms with E-state index in [0.717, 1.165) is 31.9 Å². The van der Waals surface area contributed by atoms with E-state index < -0.39 is 155 Å². The van der Waals surface area contributed by atoms with Crippen LogP contribution in [0.3, 0.4) is 0 Å². The third kappa shape index (κ3) is 16.6. The predicted octanol–water partition coefficient (Wildman–Crippen LogP) is 13.2. The minimum Gasteiger partial charge on any atom is -0.396 e. The molecule has 0 atom stereocenters. The first kappa shape index (κ1) is 92.0. The van der Waals surface area contributed by atoms with Crippen molar-refractivity contribution in [2.45, 2.75) is 80.1 Å². The van der Waals surface area contributed by atoms with Crippen LogP contribution in [-0.2, 0) is 14.4 Å². The van der Waals surface area contributed by atoms with Crippen LogP contribution in [0.2, 0.25) is 0 Å². The average Bonchev–Trinajstić information content (AvgIpc) is 0.738. The number of pyridine rings is 6. The number of carbonyl (C=O) groups excluding carboxylic acids is 3. The van der Waals surface area contributed by atoms with E-state index in [-0.39, 0.29) is 182 Å². The summed E-state index contributed by atoms with van der Waals surface area (Å²) >= 11 is 0. The molecule has 12 aromatic rings. The Morgan fingerprint density at radius 3 is 0.767 bits per heavy atom. The van der Waals surface area contributed by atoms with Gasteiger partial charge in [0.05, 0.1) is 84.1 Å². The summed E-state index contributed by atoms with van der Waals surface area (Å²) in [6.45, 7) is 29.4. The summed E-state index contributed by atoms with van der Waals surface area (Å²) in [5.41, 5.74) is 7.62. The number of piperazine rings is 3. The largest absolute Gasteiger partial charge is 0.396 e. The number of hydrogen-bond acceptors (Lipinski definition) is 21. The zero-order valence-corrected chi connectivity index (χ0v) is 70.2. The van der Waals surface area contributed by atoms with E-state index in [2.05, 4.69) is 64.6 Å². The number of benzene rings is 3. The first-order chi connectivity index (χ1) is 61.1. The summed E-state index contributed by atoms with van der Waals surface area (Å²) in [6.07, 6.45) is 8.18. The van der Waals surface area contributed by atoms with Crippen molar-refractivity contribution in [3.8, 4) is 50.8 Å². The lowest BCUT2D eigenvalue weighted by Gasteiger charge is -2.35. The van der Waals surface area contributed by atoms with Crippen molar-refractivity contribution in [2.24, 2.45) is 0 Å². The van der Waals surface area contributed by atoms with Crippen molar-refractivity contribution in [2.75, 3.05) is 110 Å². The van der Waals surface area contributed by atoms with Crippen LogP contribution in [0.15, 0.2) is 107 Å². The van der Waals surface area contributed by atoms with Crippen LogP contribution in [0.25, 0.3) is 83.9 Å². The van der Waals surface area contributed by atoms with Crippen molar-refractivity contribution < 1.29 is 80.2 Å². The Hall–Kier alpha value is -14.6. The van der Waals surface area contributed by atoms with Gasteiger partial charge in [-0.25, -0.2) is 109 Å². The van der Waals surface area contributed by atoms with Gasteiger partial charge in [-0.15, -0.1) is 0 Å². The van der Waals surface area contributed by atoms with Gasteiger partial charge in [0.1, 0.15) is 34.5 Å². The van der Waals surface area contributed by atoms with Crippen molar-refractivity contribution in [3.63, 3.8) is 0 Å². The van der Waals surface area contributed by atoms with Gasteiger partial charge in [-0.1, -0.05) is 61.3 Å². The quantitative estimate of drug-likeness (QED) is 0.0282. The minimum absolute atomic E-state index is 0.00402. The second kappa shape index (κ2) is 36.4. The number of halogens is 15. The smallest absolute Gasteiger partial charge is 0.355 e. The molecule has 0 aliphatic carbocycles. The maximum Gasteiger partial charge on any atom is 0.355 e. The summed E-state index contributed by atoms with van der Waals surface area (Å²) in [5.74, 6) is -29.9. The summed E-state index contributed by atoms with van der Waals surface area (Å²) in [7, 11) is 0. The van der Waals surface area contributed by atoms with Crippen molar-refractivity contribution in [3.05, 3.63) is 245 Å². The molecule has 42 heteroatoms. The van der Waals surface area contributed by atoms with E-state index in [4.69, 9.17) is 17.2 Å². The fourth-order valence-electron chi connectivity index (χ4n) is 15.5. The number of aryl methyl sites for hydroxylation is 3. The number of nitrogens with two attached hydrogens (primary N) is 3. The van der Waals surface area contributed by atoms with E-state index >= 15 is 26.3 Å². The number of rotatable bonds is 15. The maximum atomic E-state index is 15.8. The van der Waals surface area contributed by atoms with E-state index in [1.165, 1.54) is 18.2 Å². The standard InChI is InChI=1S/3C29H26F5N7O2/c3*1-5-17(42)39-8-10-40(11-9-39)27-15-12-16(30)25(18-19(31)20(32)21(33)22(34)23(18)35)37-28(15)41(29(43)38-27)26-14(4)6-7-36-24(26)13(2)3/h3*5-7,12-13H,1,8-11,35H2,2-4H3. The van der Waals surface area contributed by atoms with Crippen LogP contribution in [-0.4, -0.2) is 170 Å². The Morgan fingerprint density at radius 2 is 0.558 bits per heavy atom. The fraction of sp³-hybridized carbons (Fsp3) is 0.276. The molecule has 0 unspecified atom stereocenters. The van der Waals surface area contributed by atoms with Gasteiger partial charge >= 0.3 is 17.1 Å². The molecular weight excluding hydrogens is 1720 g/mol. The molecule has 6 N–H and O–H groups in total. The zero-order chi connectivity index (χ0) is 94.0. The molecule has 672 valence electrons. The molecule has 27 nitrogen and oxygen atoms in total. The highest BCUT2D eigenvalue weighted by molar-refractivity contribution is 5.96. The molecule has 15 rings (SSSR count). The first-order valence-corrected chi connectivity index (χ1v) is 39.7. The van der Waals surface area contributed by atoms with E-state index in [1.54, 1.807) is 87.0 Å². The van der Waals surface area contributed by atoms with E-state index in [1.807, 2.05) is 41.5 Å². The van der Waals surface area contributed by atoms with Crippen LogP contribution in [0.5, 0.6) is 0 Å². The van der Waals surface area contributed by atoms with Gasteiger partial charge in [0.15, 0.2) is 104 Å². The fourth-order valence-corrected chi connectivity index (χ4v) is 15.5. The number of amides is 3. The van der Waals surface area contributed by atoms with E-state index in [9.17, 15) is 68.3 Å². The minimum atomic E-state index is -2.20. The highest BCUT2D eigenvalue weighted by Crippen LogP contribution is 2.43. The number of carbonyl (C=O) groups is 3. The number of hydrogen-bond donors (Lipinski definition) is 3. The average molecular weight is 1800 g/mol. The Kier molecular flexibility index (Phi) is 26.0. The van der Waals surface area contributed by atoms with Gasteiger partial charge in [-0.3, -0.25) is 29.3 Å². The van der Waals surface area contributed by atoms with Crippen LogP contribution in [0.1, 0.15) is 93.1 Å². The topological polar surface area (TPSA) is 331 Å². The van der Waals surface area contributed by atoms with Crippen molar-refractivity contribution in [1.82, 2.24) is 73.3 Å². The number of nitrogens with zero attached hydrogens (tertiary/aromatic N) is 18. The molecule has 3 fully saturated rings. The van der Waals surface area contributed by atoms with Gasteiger partial charge < -0.3 is 46.6 Å². The van der Waals surface area contributed by atoms with Crippen LogP contribution < -0.4 is 49.0 Å². The highest BCUT2D eigenvalue weighted by atomic mass is 19.2. The van der Waals surface area contributed by atoms with Gasteiger partial charge in [-0.05, 0) is 110 Å². The Labute approximate surface area is 722 Å². The van der Waals surface area contributed by atoms with Crippen LogP contribution in [0, 0.1) is 108 Å². The highest BCUT2D eigenvalue weighted by Gasteiger charge is 2.37. The summed E-state index contributed by atoms with van der Waals surface area (Å²) in [6, 6.07) is 7.60. The Balaban J connectivity index is 0.000000165. The number of anilines is 6. The van der Waals surface area contributed by atoms with Gasteiger partial charge in [-0.2, -0.15) is 15.0 Å². The lowest BCUT2D eigenvalue weighted by molar-refractivity contribution is -0.127.